The van der Waals surface area contributed by atoms with Gasteiger partial charge in [-0.3, -0.25) is 9.80 Å². The molecule has 4 rings (SSSR count). The first kappa shape index (κ1) is 18.5. The second kappa shape index (κ2) is 8.03. The highest BCUT2D eigenvalue weighted by Gasteiger charge is 2.37. The molecular weight excluding hydrogens is 399 g/mol. The Labute approximate surface area is 172 Å². The van der Waals surface area contributed by atoms with Gasteiger partial charge in [0.25, 0.3) is 0 Å². The molecule has 0 bridgehead atoms. The van der Waals surface area contributed by atoms with Gasteiger partial charge >= 0.3 is 0 Å². The van der Waals surface area contributed by atoms with Crippen LogP contribution in [0.5, 0.6) is 0 Å². The molecule has 1 aliphatic rings. The minimum atomic E-state index is 0.0190. The van der Waals surface area contributed by atoms with Gasteiger partial charge in [-0.05, 0) is 53.3 Å². The van der Waals surface area contributed by atoms with Crippen molar-refractivity contribution in [1.29, 1.82) is 0 Å². The molecule has 1 amide bonds. The van der Waals surface area contributed by atoms with Crippen LogP contribution in [0, 0.1) is 0 Å². The Kier molecular flexibility index (Phi) is 5.50. The summed E-state index contributed by atoms with van der Waals surface area (Å²) in [6.07, 6.45) is 1.16. The maximum Gasteiger partial charge on any atom is 0.241 e. The van der Waals surface area contributed by atoms with Crippen LogP contribution in [0.1, 0.15) is 34.5 Å². The Morgan fingerprint density at radius 2 is 1.70 bits per heavy atom. The minimum absolute atomic E-state index is 0.0190. The van der Waals surface area contributed by atoms with Crippen LogP contribution in [-0.2, 0) is 11.2 Å². The molecule has 2 aromatic carbocycles. The summed E-state index contributed by atoms with van der Waals surface area (Å²) in [4.78, 5) is 14.2. The summed E-state index contributed by atoms with van der Waals surface area (Å²) in [5, 5.41) is 5.22. The lowest BCUT2D eigenvalue weighted by atomic mass is 10.0. The van der Waals surface area contributed by atoms with Gasteiger partial charge in [-0.2, -0.15) is 0 Å². The van der Waals surface area contributed by atoms with E-state index in [0.717, 1.165) is 17.5 Å². The second-order valence-electron chi connectivity index (χ2n) is 6.57. The van der Waals surface area contributed by atoms with Gasteiger partial charge in [0.15, 0.2) is 0 Å². The van der Waals surface area contributed by atoms with Gasteiger partial charge in [0, 0.05) is 14.9 Å². The molecule has 0 saturated carbocycles. The molecule has 138 valence electrons. The molecule has 3 aromatic rings. The molecule has 2 unspecified atom stereocenters. The van der Waals surface area contributed by atoms with Crippen molar-refractivity contribution in [2.75, 3.05) is 0 Å². The second-order valence-corrected chi connectivity index (χ2v) is 8.42. The fraction of sp³-hybridized carbons (Fsp3) is 0.190. The third-order valence-corrected chi connectivity index (χ3v) is 6.22. The first-order valence-electron chi connectivity index (χ1n) is 8.72. The third kappa shape index (κ3) is 4.19. The first-order valence-corrected chi connectivity index (χ1v) is 10.4. The summed E-state index contributed by atoms with van der Waals surface area (Å²) >= 11 is 13.6. The number of rotatable bonds is 4. The number of nitrogens with one attached hydrogen (secondary N) is 1. The van der Waals surface area contributed by atoms with E-state index in [4.69, 9.17) is 23.2 Å². The van der Waals surface area contributed by atoms with Crippen LogP contribution in [0.2, 0.25) is 10.0 Å². The van der Waals surface area contributed by atoms with Crippen LogP contribution < -0.4 is 5.43 Å². The van der Waals surface area contributed by atoms with E-state index in [1.807, 2.05) is 60.0 Å². The zero-order valence-electron chi connectivity index (χ0n) is 14.4. The quantitative estimate of drug-likeness (QED) is 0.581. The summed E-state index contributed by atoms with van der Waals surface area (Å²) in [7, 11) is 0. The SMILES string of the molecule is O=C(Cc1ccc(Cl)cc1)N1NC(c2ccc(Cl)cc2)CC1c1cccs1. The molecule has 1 N–H and O–H groups in total. The number of hydrogen-bond donors (Lipinski definition) is 1. The average Bonchev–Trinajstić information content (AvgIpc) is 3.33. The van der Waals surface area contributed by atoms with Crippen molar-refractivity contribution in [3.63, 3.8) is 0 Å². The monoisotopic (exact) mass is 416 g/mol. The summed E-state index contributed by atoms with van der Waals surface area (Å²) in [6.45, 7) is 0. The summed E-state index contributed by atoms with van der Waals surface area (Å²) in [6, 6.07) is 19.4. The van der Waals surface area contributed by atoms with Gasteiger partial charge in [-0.1, -0.05) is 53.5 Å². The minimum Gasteiger partial charge on any atom is -0.273 e. The topological polar surface area (TPSA) is 32.3 Å². The molecule has 0 spiro atoms. The largest absolute Gasteiger partial charge is 0.273 e. The van der Waals surface area contributed by atoms with Crippen molar-refractivity contribution in [2.24, 2.45) is 0 Å². The highest BCUT2D eigenvalue weighted by atomic mass is 35.5. The standard InChI is InChI=1S/C21H18Cl2N2OS/c22-16-7-3-14(4-8-16)12-21(26)25-19(20-2-1-11-27-20)13-18(24-25)15-5-9-17(23)10-6-15/h1-11,18-19,24H,12-13H2. The Morgan fingerprint density at radius 1 is 1.04 bits per heavy atom. The molecule has 1 saturated heterocycles. The van der Waals surface area contributed by atoms with Crippen molar-refractivity contribution in [3.8, 4) is 0 Å². The molecule has 1 fully saturated rings. The summed E-state index contributed by atoms with van der Waals surface area (Å²) in [5.41, 5.74) is 5.50. The van der Waals surface area contributed by atoms with E-state index in [1.165, 1.54) is 4.88 Å². The van der Waals surface area contributed by atoms with Gasteiger partial charge in [0.05, 0.1) is 18.5 Å². The zero-order valence-corrected chi connectivity index (χ0v) is 16.8. The maximum absolute atomic E-state index is 13.1. The van der Waals surface area contributed by atoms with Crippen LogP contribution in [-0.4, -0.2) is 10.9 Å². The van der Waals surface area contributed by atoms with Crippen molar-refractivity contribution in [1.82, 2.24) is 10.4 Å². The molecule has 0 radical (unpaired) electrons. The fourth-order valence-electron chi connectivity index (χ4n) is 3.38. The molecule has 2 atom stereocenters. The van der Waals surface area contributed by atoms with Crippen LogP contribution >= 0.6 is 34.5 Å². The summed E-state index contributed by atoms with van der Waals surface area (Å²) in [5.74, 6) is 0.0483. The van der Waals surface area contributed by atoms with E-state index >= 15 is 0 Å². The molecular formula is C21H18Cl2N2OS. The Bertz CT molecular complexity index is 910. The number of hydrogen-bond acceptors (Lipinski definition) is 3. The number of thiophene rings is 1. The van der Waals surface area contributed by atoms with E-state index in [9.17, 15) is 4.79 Å². The van der Waals surface area contributed by atoms with Crippen LogP contribution in [0.4, 0.5) is 0 Å². The first-order chi connectivity index (χ1) is 13.1. The number of hydrazine groups is 1. The van der Waals surface area contributed by atoms with Gasteiger partial charge in [-0.25, -0.2) is 5.43 Å². The lowest BCUT2D eigenvalue weighted by Gasteiger charge is -2.24. The molecule has 27 heavy (non-hydrogen) atoms. The molecule has 0 aliphatic carbocycles. The van der Waals surface area contributed by atoms with E-state index in [-0.39, 0.29) is 18.0 Å². The number of halogens is 2. The highest BCUT2D eigenvalue weighted by Crippen LogP contribution is 2.39. The van der Waals surface area contributed by atoms with Gasteiger partial charge in [0.1, 0.15) is 0 Å². The van der Waals surface area contributed by atoms with Gasteiger partial charge in [0.2, 0.25) is 5.91 Å². The average molecular weight is 417 g/mol. The normalized spacial score (nSPS) is 19.4. The van der Waals surface area contributed by atoms with E-state index in [0.29, 0.717) is 16.5 Å². The van der Waals surface area contributed by atoms with E-state index in [1.54, 1.807) is 16.3 Å². The van der Waals surface area contributed by atoms with Crippen LogP contribution in [0.15, 0.2) is 66.0 Å². The van der Waals surface area contributed by atoms with Crippen molar-refractivity contribution in [2.45, 2.75) is 24.9 Å². The third-order valence-electron chi connectivity index (χ3n) is 4.75. The number of carbonyl (C=O) groups is 1. The lowest BCUT2D eigenvalue weighted by molar-refractivity contribution is -0.134. The number of benzene rings is 2. The van der Waals surface area contributed by atoms with Crippen LogP contribution in [0.3, 0.4) is 0 Å². The lowest BCUT2D eigenvalue weighted by Crippen LogP contribution is -2.40. The van der Waals surface area contributed by atoms with E-state index in [2.05, 4.69) is 11.5 Å². The Hall–Kier alpha value is -1.85. The summed E-state index contributed by atoms with van der Waals surface area (Å²) < 4.78 is 0. The number of nitrogens with zero attached hydrogens (tertiary/aromatic N) is 1. The van der Waals surface area contributed by atoms with Gasteiger partial charge in [-0.15, -0.1) is 11.3 Å². The molecule has 6 heteroatoms. The van der Waals surface area contributed by atoms with Crippen molar-refractivity contribution < 1.29 is 4.79 Å². The van der Waals surface area contributed by atoms with Crippen molar-refractivity contribution in [3.05, 3.63) is 92.1 Å². The smallest absolute Gasteiger partial charge is 0.241 e. The van der Waals surface area contributed by atoms with E-state index < -0.39 is 0 Å². The highest BCUT2D eigenvalue weighted by molar-refractivity contribution is 7.10. The predicted molar refractivity (Wildman–Crippen MR) is 111 cm³/mol. The predicted octanol–water partition coefficient (Wildman–Crippen LogP) is 5.82. The zero-order chi connectivity index (χ0) is 18.8. The Morgan fingerprint density at radius 3 is 2.33 bits per heavy atom. The molecule has 1 aliphatic heterocycles. The van der Waals surface area contributed by atoms with Crippen LogP contribution in [0.25, 0.3) is 0 Å². The maximum atomic E-state index is 13.1. The Balaban J connectivity index is 1.57. The van der Waals surface area contributed by atoms with Crippen molar-refractivity contribution >= 4 is 40.4 Å². The van der Waals surface area contributed by atoms with Gasteiger partial charge < -0.3 is 0 Å². The fourth-order valence-corrected chi connectivity index (χ4v) is 4.46. The number of amides is 1. The number of carbonyl (C=O) groups excluding carboxylic acids is 1. The molecule has 3 nitrogen and oxygen atoms in total. The molecule has 1 aromatic heterocycles. The molecule has 2 heterocycles.